The number of carboxylic acid groups (broad SMARTS) is 1. The molecule has 10 heteroatoms. The van der Waals surface area contributed by atoms with E-state index < -0.39 is 55.4 Å². The Bertz CT molecular complexity index is 1310. The van der Waals surface area contributed by atoms with E-state index in [0.717, 1.165) is 16.5 Å². The van der Waals surface area contributed by atoms with Crippen molar-refractivity contribution in [2.24, 2.45) is 0 Å². The van der Waals surface area contributed by atoms with Crippen molar-refractivity contribution in [3.05, 3.63) is 106 Å². The summed E-state index contributed by atoms with van der Waals surface area (Å²) < 4.78 is 33.9. The molecule has 3 aromatic carbocycles. The van der Waals surface area contributed by atoms with Crippen LogP contribution in [0.5, 0.6) is 0 Å². The lowest BCUT2D eigenvalue weighted by Crippen LogP contribution is -2.55. The Balaban J connectivity index is 1.71. The van der Waals surface area contributed by atoms with Crippen molar-refractivity contribution >= 4 is 29.4 Å². The van der Waals surface area contributed by atoms with Gasteiger partial charge >= 0.3 is 5.97 Å². The summed E-state index contributed by atoms with van der Waals surface area (Å²) >= 11 is 6.12. The molecule has 192 valence electrons. The first-order valence-electron chi connectivity index (χ1n) is 11.4. The molecular formula is C27H23ClF2N2O5. The van der Waals surface area contributed by atoms with Crippen LogP contribution in [-0.2, 0) is 32.2 Å². The fourth-order valence-electron chi connectivity index (χ4n) is 4.31. The lowest BCUT2D eigenvalue weighted by Gasteiger charge is -2.42. The van der Waals surface area contributed by atoms with Gasteiger partial charge in [0.05, 0.1) is 6.04 Å². The van der Waals surface area contributed by atoms with Gasteiger partial charge in [-0.2, -0.15) is 0 Å². The van der Waals surface area contributed by atoms with E-state index in [0.29, 0.717) is 10.6 Å². The summed E-state index contributed by atoms with van der Waals surface area (Å²) in [5.41, 5.74) is 1.12. The minimum Gasteiger partial charge on any atom is -0.480 e. The van der Waals surface area contributed by atoms with Gasteiger partial charge in [0.15, 0.2) is 17.7 Å². The van der Waals surface area contributed by atoms with Crippen LogP contribution in [0.3, 0.4) is 0 Å². The van der Waals surface area contributed by atoms with Crippen LogP contribution in [0.4, 0.5) is 8.78 Å². The number of amides is 2. The second-order valence-electron chi connectivity index (χ2n) is 8.54. The minimum absolute atomic E-state index is 0.115. The predicted molar refractivity (Wildman–Crippen MR) is 130 cm³/mol. The van der Waals surface area contributed by atoms with Crippen molar-refractivity contribution in [1.29, 1.82) is 0 Å². The van der Waals surface area contributed by atoms with Crippen molar-refractivity contribution in [2.45, 2.75) is 25.2 Å². The van der Waals surface area contributed by atoms with E-state index in [4.69, 9.17) is 16.3 Å². The monoisotopic (exact) mass is 528 g/mol. The molecule has 37 heavy (non-hydrogen) atoms. The second kappa shape index (κ2) is 11.5. The fourth-order valence-corrected chi connectivity index (χ4v) is 4.53. The van der Waals surface area contributed by atoms with Gasteiger partial charge in [0.1, 0.15) is 13.2 Å². The van der Waals surface area contributed by atoms with E-state index in [1.54, 1.807) is 54.6 Å². The van der Waals surface area contributed by atoms with Crippen molar-refractivity contribution in [3.8, 4) is 0 Å². The average Bonchev–Trinajstić information content (AvgIpc) is 2.87. The summed E-state index contributed by atoms with van der Waals surface area (Å²) in [4.78, 5) is 40.7. The number of hydrogen-bond donors (Lipinski definition) is 1. The standard InChI is InChI=1S/C27H23ClF2N2O5/c28-20-10-4-6-17(12-20)13-32-22(33)16-37-26(25(32)18-7-2-1-3-8-18)27(36)31(15-23(34)35)14-19-9-5-11-21(29)24(19)30/h1-12,25-26H,13-16H2,(H,34,35)/t25-,26-/m1/s1. The molecular weight excluding hydrogens is 506 g/mol. The molecule has 1 aliphatic heterocycles. The van der Waals surface area contributed by atoms with Gasteiger partial charge in [-0.3, -0.25) is 14.4 Å². The molecule has 0 bridgehead atoms. The van der Waals surface area contributed by atoms with Crippen LogP contribution in [0.15, 0.2) is 72.8 Å². The largest absolute Gasteiger partial charge is 0.480 e. The molecule has 2 amide bonds. The van der Waals surface area contributed by atoms with Crippen LogP contribution in [0.2, 0.25) is 5.02 Å². The first-order chi connectivity index (χ1) is 17.7. The Morgan fingerprint density at radius 3 is 2.49 bits per heavy atom. The highest BCUT2D eigenvalue weighted by Crippen LogP contribution is 2.33. The fraction of sp³-hybridized carbons (Fsp3) is 0.222. The van der Waals surface area contributed by atoms with Gasteiger partial charge in [0.2, 0.25) is 5.91 Å². The van der Waals surface area contributed by atoms with Gasteiger partial charge < -0.3 is 19.6 Å². The Kier molecular flexibility index (Phi) is 8.15. The molecule has 3 aromatic rings. The molecule has 0 radical (unpaired) electrons. The molecule has 1 aliphatic rings. The topological polar surface area (TPSA) is 87.1 Å². The number of morpholine rings is 1. The van der Waals surface area contributed by atoms with E-state index in [1.807, 2.05) is 0 Å². The van der Waals surface area contributed by atoms with E-state index in [1.165, 1.54) is 17.0 Å². The number of carbonyl (C=O) groups excluding carboxylic acids is 2. The average molecular weight is 529 g/mol. The summed E-state index contributed by atoms with van der Waals surface area (Å²) in [6.07, 6.45) is -1.30. The van der Waals surface area contributed by atoms with Gasteiger partial charge in [-0.1, -0.05) is 66.2 Å². The Morgan fingerprint density at radius 2 is 1.78 bits per heavy atom. The van der Waals surface area contributed by atoms with Crippen molar-refractivity contribution < 1.29 is 33.0 Å². The van der Waals surface area contributed by atoms with E-state index in [2.05, 4.69) is 0 Å². The molecule has 0 aliphatic carbocycles. The summed E-state index contributed by atoms with van der Waals surface area (Å²) in [7, 11) is 0. The molecule has 0 unspecified atom stereocenters. The number of benzene rings is 3. The lowest BCUT2D eigenvalue weighted by molar-refractivity contribution is -0.172. The van der Waals surface area contributed by atoms with E-state index in [9.17, 15) is 28.3 Å². The third-order valence-electron chi connectivity index (χ3n) is 5.99. The van der Waals surface area contributed by atoms with Crippen molar-refractivity contribution in [2.75, 3.05) is 13.2 Å². The highest BCUT2D eigenvalue weighted by Gasteiger charge is 2.43. The van der Waals surface area contributed by atoms with Crippen LogP contribution >= 0.6 is 11.6 Å². The number of halogens is 3. The van der Waals surface area contributed by atoms with Gasteiger partial charge in [0.25, 0.3) is 5.91 Å². The summed E-state index contributed by atoms with van der Waals surface area (Å²) in [6, 6.07) is 18.2. The molecule has 7 nitrogen and oxygen atoms in total. The van der Waals surface area contributed by atoms with Gasteiger partial charge in [-0.25, -0.2) is 8.78 Å². The predicted octanol–water partition coefficient (Wildman–Crippen LogP) is 4.20. The lowest BCUT2D eigenvalue weighted by atomic mass is 9.95. The first kappa shape index (κ1) is 26.2. The number of ether oxygens (including phenoxy) is 1. The molecule has 1 heterocycles. The van der Waals surface area contributed by atoms with Crippen molar-refractivity contribution in [3.63, 3.8) is 0 Å². The molecule has 2 atom stereocenters. The Morgan fingerprint density at radius 1 is 1.05 bits per heavy atom. The van der Waals surface area contributed by atoms with Crippen LogP contribution < -0.4 is 0 Å². The summed E-state index contributed by atoms with van der Waals surface area (Å²) in [6.45, 7) is -1.59. The molecule has 1 saturated heterocycles. The quantitative estimate of drug-likeness (QED) is 0.473. The molecule has 1 fully saturated rings. The van der Waals surface area contributed by atoms with Gasteiger partial charge in [0, 0.05) is 23.7 Å². The zero-order valence-electron chi connectivity index (χ0n) is 19.5. The molecule has 0 spiro atoms. The minimum atomic E-state index is -1.34. The molecule has 0 saturated carbocycles. The van der Waals surface area contributed by atoms with Crippen LogP contribution in [0, 0.1) is 11.6 Å². The highest BCUT2D eigenvalue weighted by atomic mass is 35.5. The number of rotatable bonds is 8. The molecule has 0 aromatic heterocycles. The molecule has 4 rings (SSSR count). The maximum atomic E-state index is 14.4. The number of aliphatic carboxylic acids is 1. The van der Waals surface area contributed by atoms with Gasteiger partial charge in [-0.15, -0.1) is 0 Å². The molecule has 1 N–H and O–H groups in total. The number of carboxylic acids is 1. The van der Waals surface area contributed by atoms with Gasteiger partial charge in [-0.05, 0) is 29.3 Å². The SMILES string of the molecule is O=C(O)CN(Cc1cccc(F)c1F)C(=O)[C@@H]1OCC(=O)N(Cc2cccc(Cl)c2)[C@@H]1c1ccccc1. The highest BCUT2D eigenvalue weighted by molar-refractivity contribution is 6.30. The van der Waals surface area contributed by atoms with Crippen LogP contribution in [0.1, 0.15) is 22.7 Å². The number of carbonyl (C=O) groups is 3. The second-order valence-corrected chi connectivity index (χ2v) is 8.98. The third kappa shape index (κ3) is 6.12. The summed E-state index contributed by atoms with van der Waals surface area (Å²) in [5, 5.41) is 9.93. The van der Waals surface area contributed by atoms with E-state index in [-0.39, 0.29) is 18.0 Å². The normalized spacial score (nSPS) is 17.5. The third-order valence-corrected chi connectivity index (χ3v) is 6.22. The Hall–Kier alpha value is -3.82. The van der Waals surface area contributed by atoms with Crippen LogP contribution in [-0.4, -0.2) is 51.9 Å². The maximum absolute atomic E-state index is 14.4. The smallest absolute Gasteiger partial charge is 0.323 e. The zero-order valence-corrected chi connectivity index (χ0v) is 20.3. The van der Waals surface area contributed by atoms with Crippen molar-refractivity contribution in [1.82, 2.24) is 9.80 Å². The van der Waals surface area contributed by atoms with Crippen LogP contribution in [0.25, 0.3) is 0 Å². The Labute approximate surface area is 216 Å². The van der Waals surface area contributed by atoms with E-state index >= 15 is 0 Å². The maximum Gasteiger partial charge on any atom is 0.323 e. The first-order valence-corrected chi connectivity index (χ1v) is 11.8. The number of hydrogen-bond acceptors (Lipinski definition) is 4. The zero-order chi connectivity index (χ0) is 26.5. The number of nitrogens with zero attached hydrogens (tertiary/aromatic N) is 2. The summed E-state index contributed by atoms with van der Waals surface area (Å²) in [5.74, 6) is -4.78.